The molecule has 3 heterocycles. The lowest BCUT2D eigenvalue weighted by Gasteiger charge is -2.38. The van der Waals surface area contributed by atoms with E-state index in [2.05, 4.69) is 0 Å². The van der Waals surface area contributed by atoms with E-state index in [1.165, 1.54) is 30.8 Å². The van der Waals surface area contributed by atoms with Crippen LogP contribution in [0.3, 0.4) is 0 Å². The van der Waals surface area contributed by atoms with Crippen LogP contribution in [0.2, 0.25) is 5.02 Å². The van der Waals surface area contributed by atoms with Crippen LogP contribution in [0.5, 0.6) is 0 Å². The molecule has 0 aliphatic carbocycles. The van der Waals surface area contributed by atoms with Crippen LogP contribution >= 0.6 is 11.6 Å². The lowest BCUT2D eigenvalue weighted by atomic mass is 10.0. The molecule has 2 aromatic carbocycles. The minimum Gasteiger partial charge on any atom is -0.341 e. The second-order valence-corrected chi connectivity index (χ2v) is 14.1. The van der Waals surface area contributed by atoms with Crippen molar-refractivity contribution in [3.05, 3.63) is 91.5 Å². The maximum atomic E-state index is 14.3. The lowest BCUT2D eigenvalue weighted by Crippen LogP contribution is -2.50. The molecule has 1 saturated heterocycles. The van der Waals surface area contributed by atoms with Crippen molar-refractivity contribution >= 4 is 33.3 Å². The first-order chi connectivity index (χ1) is 20.8. The summed E-state index contributed by atoms with van der Waals surface area (Å²) in [5, 5.41) is -0.336. The Hall–Kier alpha value is -3.77. The average Bonchev–Trinajstić information content (AvgIpc) is 3.13. The number of piperidine rings is 1. The maximum Gasteiger partial charge on any atom is 0.331 e. The molecule has 3 aromatic rings. The van der Waals surface area contributed by atoms with Crippen molar-refractivity contribution in [3.63, 3.8) is 0 Å². The summed E-state index contributed by atoms with van der Waals surface area (Å²) in [5.74, 6) is -1.58. The molecular formula is C31H34ClFN4O6S. The average molecular weight is 645 g/mol. The quantitative estimate of drug-likeness (QED) is 0.390. The van der Waals surface area contributed by atoms with Gasteiger partial charge in [-0.3, -0.25) is 23.5 Å². The highest BCUT2D eigenvalue weighted by Gasteiger charge is 2.32. The number of nitrogens with zero attached hydrogens (tertiary/aromatic N) is 4. The fourth-order valence-corrected chi connectivity index (χ4v) is 7.45. The molecule has 1 aromatic heterocycles. The second kappa shape index (κ2) is 12.7. The van der Waals surface area contributed by atoms with Crippen molar-refractivity contribution < 1.29 is 22.4 Å². The topological polar surface area (TPSA) is 119 Å². The van der Waals surface area contributed by atoms with Gasteiger partial charge in [0, 0.05) is 43.7 Å². The van der Waals surface area contributed by atoms with Crippen molar-refractivity contribution in [2.75, 3.05) is 31.6 Å². The lowest BCUT2D eigenvalue weighted by molar-refractivity contribution is -0.136. The van der Waals surface area contributed by atoms with E-state index in [1.807, 2.05) is 29.2 Å². The fourth-order valence-electron chi connectivity index (χ4n) is 6.20. The Morgan fingerprint density at radius 1 is 1.00 bits per heavy atom. The largest absolute Gasteiger partial charge is 0.341 e. The SMILES string of the molecule is C[C@@H](CS(C)(=O)=O)n1c(=O)c(-c2cccc(F)c2Cl)cn(CC(=O)N2CCC(N3CCc4ccccc4CC3=O)CC2)c1=O. The Balaban J connectivity index is 1.37. The van der Waals surface area contributed by atoms with Crippen molar-refractivity contribution in [1.82, 2.24) is 18.9 Å². The molecule has 2 aliphatic heterocycles. The molecule has 0 spiro atoms. The van der Waals surface area contributed by atoms with E-state index in [0.29, 0.717) is 38.9 Å². The predicted molar refractivity (Wildman–Crippen MR) is 165 cm³/mol. The first kappa shape index (κ1) is 31.6. The van der Waals surface area contributed by atoms with Crippen LogP contribution in [-0.4, -0.2) is 76.9 Å². The summed E-state index contributed by atoms with van der Waals surface area (Å²) in [4.78, 5) is 57.0. The van der Waals surface area contributed by atoms with Gasteiger partial charge in [-0.1, -0.05) is 48.0 Å². The number of rotatable bonds is 7. The Morgan fingerprint density at radius 3 is 2.36 bits per heavy atom. The van der Waals surface area contributed by atoms with Gasteiger partial charge in [0.1, 0.15) is 22.2 Å². The van der Waals surface area contributed by atoms with Crippen LogP contribution in [0.4, 0.5) is 4.39 Å². The zero-order valence-corrected chi connectivity index (χ0v) is 26.1. The van der Waals surface area contributed by atoms with Gasteiger partial charge in [0.15, 0.2) is 0 Å². The molecule has 44 heavy (non-hydrogen) atoms. The van der Waals surface area contributed by atoms with E-state index in [0.717, 1.165) is 33.4 Å². The van der Waals surface area contributed by atoms with Gasteiger partial charge in [0.2, 0.25) is 11.8 Å². The van der Waals surface area contributed by atoms with Crippen molar-refractivity contribution in [2.24, 2.45) is 0 Å². The smallest absolute Gasteiger partial charge is 0.331 e. The molecule has 1 atom stereocenters. The van der Waals surface area contributed by atoms with Crippen LogP contribution in [0.15, 0.2) is 58.3 Å². The number of sulfone groups is 1. The van der Waals surface area contributed by atoms with Crippen LogP contribution in [0.25, 0.3) is 11.1 Å². The molecule has 2 aliphatic rings. The summed E-state index contributed by atoms with van der Waals surface area (Å²) in [6.07, 6.45) is 4.45. The molecule has 0 N–H and O–H groups in total. The predicted octanol–water partition coefficient (Wildman–Crippen LogP) is 2.69. The van der Waals surface area contributed by atoms with Crippen molar-refractivity contribution in [1.29, 1.82) is 0 Å². The number of hydrogen-bond donors (Lipinski definition) is 0. The maximum absolute atomic E-state index is 14.3. The van der Waals surface area contributed by atoms with Gasteiger partial charge in [-0.15, -0.1) is 0 Å². The third-order valence-electron chi connectivity index (χ3n) is 8.38. The molecule has 0 saturated carbocycles. The van der Waals surface area contributed by atoms with Crippen LogP contribution in [-0.2, 0) is 38.8 Å². The summed E-state index contributed by atoms with van der Waals surface area (Å²) in [7, 11) is -3.58. The molecule has 2 amide bonds. The number of carbonyl (C=O) groups is 2. The Morgan fingerprint density at radius 2 is 1.68 bits per heavy atom. The zero-order chi connectivity index (χ0) is 31.8. The number of fused-ring (bicyclic) bond motifs is 1. The third kappa shape index (κ3) is 6.66. The van der Waals surface area contributed by atoms with Gasteiger partial charge in [-0.2, -0.15) is 0 Å². The highest BCUT2D eigenvalue weighted by Crippen LogP contribution is 2.28. The molecule has 234 valence electrons. The molecular weight excluding hydrogens is 611 g/mol. The van der Waals surface area contributed by atoms with Gasteiger partial charge >= 0.3 is 5.69 Å². The van der Waals surface area contributed by atoms with E-state index in [1.54, 1.807) is 4.90 Å². The van der Waals surface area contributed by atoms with Gasteiger partial charge in [0.25, 0.3) is 5.56 Å². The minimum atomic E-state index is -3.58. The molecule has 10 nitrogen and oxygen atoms in total. The minimum absolute atomic E-state index is 0.0101. The number of benzene rings is 2. The van der Waals surface area contributed by atoms with Crippen LogP contribution in [0, 0.1) is 5.82 Å². The summed E-state index contributed by atoms with van der Waals surface area (Å²) in [5.41, 5.74) is 0.398. The van der Waals surface area contributed by atoms with E-state index < -0.39 is 45.2 Å². The normalized spacial score (nSPS) is 16.9. The first-order valence-corrected chi connectivity index (χ1v) is 16.9. The first-order valence-electron chi connectivity index (χ1n) is 14.5. The van der Waals surface area contributed by atoms with Gasteiger partial charge in [-0.25, -0.2) is 17.6 Å². The van der Waals surface area contributed by atoms with E-state index >= 15 is 0 Å². The molecule has 13 heteroatoms. The highest BCUT2D eigenvalue weighted by molar-refractivity contribution is 7.90. The molecule has 0 unspecified atom stereocenters. The van der Waals surface area contributed by atoms with Gasteiger partial charge < -0.3 is 9.80 Å². The monoisotopic (exact) mass is 644 g/mol. The Kier molecular flexibility index (Phi) is 9.12. The standard InChI is InChI=1S/C31H34ClFN4O6S/c1-20(19-44(2,42)43)37-30(40)25(24-8-5-9-26(33)29(24)32)17-35(31(37)41)18-28(39)34-13-11-23(12-14-34)36-15-10-21-6-3-4-7-22(21)16-27(36)38/h3-9,17,20,23H,10-16,18-19H2,1-2H3/t20-/m0/s1. The Bertz CT molecular complexity index is 1830. The number of amides is 2. The number of aromatic nitrogens is 2. The number of halogens is 2. The van der Waals surface area contributed by atoms with E-state index in [-0.39, 0.29) is 34.0 Å². The summed E-state index contributed by atoms with van der Waals surface area (Å²) < 4.78 is 40.2. The number of likely N-dealkylation sites (tertiary alicyclic amines) is 1. The van der Waals surface area contributed by atoms with Crippen LogP contribution in [0.1, 0.15) is 36.9 Å². The molecule has 5 rings (SSSR count). The van der Waals surface area contributed by atoms with E-state index in [9.17, 15) is 32.0 Å². The number of carbonyl (C=O) groups excluding carboxylic acids is 2. The summed E-state index contributed by atoms with van der Waals surface area (Å²) >= 11 is 6.17. The van der Waals surface area contributed by atoms with Crippen molar-refractivity contribution in [3.8, 4) is 11.1 Å². The highest BCUT2D eigenvalue weighted by atomic mass is 35.5. The number of hydrogen-bond acceptors (Lipinski definition) is 6. The molecule has 0 bridgehead atoms. The zero-order valence-electron chi connectivity index (χ0n) is 24.5. The fraction of sp³-hybridized carbons (Fsp3) is 0.419. The van der Waals surface area contributed by atoms with E-state index in [4.69, 9.17) is 11.6 Å². The molecule has 1 fully saturated rings. The van der Waals surface area contributed by atoms with Gasteiger partial charge in [0.05, 0.1) is 28.8 Å². The summed E-state index contributed by atoms with van der Waals surface area (Å²) in [6.45, 7) is 2.36. The Labute approximate surface area is 259 Å². The second-order valence-electron chi connectivity index (χ2n) is 11.6. The van der Waals surface area contributed by atoms with Crippen molar-refractivity contribution in [2.45, 2.75) is 51.2 Å². The third-order valence-corrected chi connectivity index (χ3v) is 9.85. The van der Waals surface area contributed by atoms with Crippen LogP contribution < -0.4 is 11.2 Å². The summed E-state index contributed by atoms with van der Waals surface area (Å²) in [6, 6.07) is 10.8. The molecule has 0 radical (unpaired) electrons. The van der Waals surface area contributed by atoms with Gasteiger partial charge in [-0.05, 0) is 43.4 Å².